The number of halogens is 2. The maximum atomic E-state index is 12.8. The summed E-state index contributed by atoms with van der Waals surface area (Å²) in [5, 5.41) is 0. The van der Waals surface area contributed by atoms with Crippen molar-refractivity contribution >= 4 is 7.52 Å². The van der Waals surface area contributed by atoms with Gasteiger partial charge in [0.05, 0.1) is 19.3 Å². The number of morpholine rings is 1. The Labute approximate surface area is 88.0 Å². The number of hydrogen-bond donors (Lipinski definition) is 0. The van der Waals surface area contributed by atoms with Gasteiger partial charge in [0.15, 0.2) is 0 Å². The second-order valence-corrected chi connectivity index (χ2v) is 5.86. The second kappa shape index (κ2) is 5.34. The molecular formula is C8H16F2NO3P. The molecule has 0 radical (unpaired) electrons. The minimum atomic E-state index is -4.00. The molecule has 0 amide bonds. The van der Waals surface area contributed by atoms with Gasteiger partial charge in [-0.3, -0.25) is 4.57 Å². The molecule has 1 aliphatic rings. The van der Waals surface area contributed by atoms with Crippen molar-refractivity contribution in [2.75, 3.05) is 26.3 Å². The van der Waals surface area contributed by atoms with Gasteiger partial charge in [-0.05, 0) is 13.8 Å². The molecule has 7 heteroatoms. The Bertz CT molecular complexity index is 244. The summed E-state index contributed by atoms with van der Waals surface area (Å²) in [6, 6.07) is 0. The van der Waals surface area contributed by atoms with Gasteiger partial charge in [0.1, 0.15) is 0 Å². The minimum Gasteiger partial charge on any atom is -0.379 e. The summed E-state index contributed by atoms with van der Waals surface area (Å²) in [5.41, 5.74) is 0. The van der Waals surface area contributed by atoms with Crippen molar-refractivity contribution in [3.63, 3.8) is 0 Å². The van der Waals surface area contributed by atoms with Crippen molar-refractivity contribution in [2.24, 2.45) is 0 Å². The molecule has 0 bridgehead atoms. The third-order valence-electron chi connectivity index (χ3n) is 1.99. The molecule has 0 aromatic carbocycles. The zero-order valence-corrected chi connectivity index (χ0v) is 9.75. The molecule has 0 N–H and O–H groups in total. The molecule has 0 aromatic rings. The van der Waals surface area contributed by atoms with Crippen LogP contribution < -0.4 is 0 Å². The zero-order chi connectivity index (χ0) is 11.5. The maximum absolute atomic E-state index is 12.8. The fourth-order valence-electron chi connectivity index (χ4n) is 1.37. The Morgan fingerprint density at radius 1 is 1.33 bits per heavy atom. The molecule has 15 heavy (non-hydrogen) atoms. The largest absolute Gasteiger partial charge is 0.379 e. The van der Waals surface area contributed by atoms with Crippen LogP contribution in [0.25, 0.3) is 0 Å². The van der Waals surface area contributed by atoms with E-state index < -0.39 is 19.8 Å². The van der Waals surface area contributed by atoms with Gasteiger partial charge in [-0.1, -0.05) is 0 Å². The lowest BCUT2D eigenvalue weighted by atomic mass is 10.5. The highest BCUT2D eigenvalue weighted by Gasteiger charge is 2.43. The summed E-state index contributed by atoms with van der Waals surface area (Å²) < 4.78 is 48.6. The number of ether oxygens (including phenoxy) is 1. The first-order valence-electron chi connectivity index (χ1n) is 4.86. The van der Waals surface area contributed by atoms with E-state index in [9.17, 15) is 13.3 Å². The van der Waals surface area contributed by atoms with E-state index in [0.29, 0.717) is 13.2 Å². The van der Waals surface area contributed by atoms with Crippen LogP contribution in [0, 0.1) is 0 Å². The Hall–Kier alpha value is -0.0300. The Kier molecular flexibility index (Phi) is 4.64. The fraction of sp³-hybridized carbons (Fsp3) is 1.00. The predicted molar refractivity (Wildman–Crippen MR) is 52.2 cm³/mol. The molecule has 1 aliphatic heterocycles. The first kappa shape index (κ1) is 13.0. The van der Waals surface area contributed by atoms with Gasteiger partial charge in [-0.25, -0.2) is 4.67 Å². The monoisotopic (exact) mass is 243 g/mol. The third kappa shape index (κ3) is 3.21. The van der Waals surface area contributed by atoms with Gasteiger partial charge in [0.25, 0.3) is 0 Å². The van der Waals surface area contributed by atoms with Gasteiger partial charge in [0.2, 0.25) is 0 Å². The van der Waals surface area contributed by atoms with Crippen LogP contribution in [0.3, 0.4) is 0 Å². The van der Waals surface area contributed by atoms with Crippen molar-refractivity contribution < 1.29 is 22.6 Å². The lowest BCUT2D eigenvalue weighted by molar-refractivity contribution is 0.0521. The van der Waals surface area contributed by atoms with Crippen LogP contribution in [0.5, 0.6) is 0 Å². The van der Waals surface area contributed by atoms with Crippen LogP contribution >= 0.6 is 7.52 Å². The van der Waals surface area contributed by atoms with E-state index in [-0.39, 0.29) is 13.1 Å². The van der Waals surface area contributed by atoms with Crippen LogP contribution in [-0.4, -0.2) is 43.2 Å². The van der Waals surface area contributed by atoms with Crippen LogP contribution in [0.15, 0.2) is 0 Å². The Morgan fingerprint density at radius 3 is 2.27 bits per heavy atom. The topological polar surface area (TPSA) is 38.8 Å². The standard InChI is InChI=1S/C8H16F2NO3P/c1-7(2)14-15(12,8(9)10)11-3-5-13-6-4-11/h7-8H,3-6H2,1-2H3. The normalized spacial score (nSPS) is 23.3. The number of nitrogens with zero attached hydrogens (tertiary/aromatic N) is 1. The van der Waals surface area contributed by atoms with Crippen molar-refractivity contribution in [1.29, 1.82) is 0 Å². The zero-order valence-electron chi connectivity index (χ0n) is 8.86. The van der Waals surface area contributed by atoms with Gasteiger partial charge in [-0.15, -0.1) is 0 Å². The Balaban J connectivity index is 2.74. The number of alkyl halides is 2. The molecule has 1 fully saturated rings. The molecule has 4 nitrogen and oxygen atoms in total. The van der Waals surface area contributed by atoms with E-state index in [1.807, 2.05) is 0 Å². The molecule has 1 saturated heterocycles. The van der Waals surface area contributed by atoms with Gasteiger partial charge in [0, 0.05) is 13.1 Å². The molecule has 1 rings (SSSR count). The first-order valence-corrected chi connectivity index (χ1v) is 6.51. The van der Waals surface area contributed by atoms with Crippen LogP contribution in [0.2, 0.25) is 0 Å². The molecule has 0 aromatic heterocycles. The van der Waals surface area contributed by atoms with E-state index in [0.717, 1.165) is 0 Å². The van der Waals surface area contributed by atoms with Gasteiger partial charge < -0.3 is 9.26 Å². The van der Waals surface area contributed by atoms with E-state index in [1.54, 1.807) is 13.8 Å². The van der Waals surface area contributed by atoms with Crippen LogP contribution in [-0.2, 0) is 13.8 Å². The van der Waals surface area contributed by atoms with Gasteiger partial charge >= 0.3 is 13.7 Å². The highest BCUT2D eigenvalue weighted by molar-refractivity contribution is 7.56. The van der Waals surface area contributed by atoms with Crippen LogP contribution in [0.1, 0.15) is 13.8 Å². The van der Waals surface area contributed by atoms with E-state index in [1.165, 1.54) is 4.67 Å². The lowest BCUT2D eigenvalue weighted by Gasteiger charge is -2.33. The smallest absolute Gasteiger partial charge is 0.338 e. The molecule has 1 heterocycles. The highest BCUT2D eigenvalue weighted by atomic mass is 31.2. The third-order valence-corrected chi connectivity index (χ3v) is 4.40. The average Bonchev–Trinajstić information content (AvgIpc) is 2.17. The minimum absolute atomic E-state index is 0.230. The van der Waals surface area contributed by atoms with Gasteiger partial charge in [-0.2, -0.15) is 8.78 Å². The fourth-order valence-corrected chi connectivity index (χ4v) is 3.17. The molecule has 0 saturated carbocycles. The van der Waals surface area contributed by atoms with Crippen molar-refractivity contribution in [3.8, 4) is 0 Å². The van der Waals surface area contributed by atoms with Crippen molar-refractivity contribution in [3.05, 3.63) is 0 Å². The lowest BCUT2D eigenvalue weighted by Crippen LogP contribution is -2.36. The summed E-state index contributed by atoms with van der Waals surface area (Å²) in [4.78, 5) is 0. The molecule has 1 atom stereocenters. The summed E-state index contributed by atoms with van der Waals surface area (Å²) in [5.74, 6) is 0. The summed E-state index contributed by atoms with van der Waals surface area (Å²) in [6.45, 7) is 4.28. The molecular weight excluding hydrogens is 227 g/mol. The quantitative estimate of drug-likeness (QED) is 0.709. The second-order valence-electron chi connectivity index (χ2n) is 3.56. The summed E-state index contributed by atoms with van der Waals surface area (Å²) in [7, 11) is -4.00. The summed E-state index contributed by atoms with van der Waals surface area (Å²) in [6.07, 6.45) is -3.44. The summed E-state index contributed by atoms with van der Waals surface area (Å²) >= 11 is 0. The van der Waals surface area contributed by atoms with Crippen molar-refractivity contribution in [2.45, 2.75) is 26.1 Å². The SMILES string of the molecule is CC(C)OP(=O)(C(F)F)N1CCOCC1. The number of hydrogen-bond acceptors (Lipinski definition) is 3. The average molecular weight is 243 g/mol. The maximum Gasteiger partial charge on any atom is 0.338 e. The van der Waals surface area contributed by atoms with E-state index in [4.69, 9.17) is 9.26 Å². The Morgan fingerprint density at radius 2 is 1.87 bits per heavy atom. The molecule has 0 spiro atoms. The first-order chi connectivity index (χ1) is 6.97. The van der Waals surface area contributed by atoms with E-state index >= 15 is 0 Å². The van der Waals surface area contributed by atoms with Crippen LogP contribution in [0.4, 0.5) is 8.78 Å². The number of rotatable bonds is 4. The highest BCUT2D eigenvalue weighted by Crippen LogP contribution is 2.57. The van der Waals surface area contributed by atoms with E-state index in [2.05, 4.69) is 0 Å². The van der Waals surface area contributed by atoms with Crippen molar-refractivity contribution in [1.82, 2.24) is 4.67 Å². The molecule has 1 unspecified atom stereocenters. The molecule has 0 aliphatic carbocycles. The molecule has 90 valence electrons. The predicted octanol–water partition coefficient (Wildman–Crippen LogP) is 2.16.